The van der Waals surface area contributed by atoms with E-state index in [1.165, 1.54) is 0 Å². The average Bonchev–Trinajstić information content (AvgIpc) is 2.75. The van der Waals surface area contributed by atoms with Gasteiger partial charge in [0.2, 0.25) is 0 Å². The first-order chi connectivity index (χ1) is 9.91. The van der Waals surface area contributed by atoms with Crippen molar-refractivity contribution in [3.05, 3.63) is 52.6 Å². The molecule has 1 amide bonds. The molecule has 112 valence electrons. The van der Waals surface area contributed by atoms with Gasteiger partial charge in [-0.25, -0.2) is 0 Å². The number of amides is 1. The first kappa shape index (κ1) is 15.3. The number of nitrogens with zero attached hydrogens (tertiary/aromatic N) is 1. The quantitative estimate of drug-likeness (QED) is 0.808. The molecule has 0 aliphatic heterocycles. The maximum Gasteiger partial charge on any atom is 0.268 e. The number of hydrogen-bond acceptors (Lipinski definition) is 3. The van der Waals surface area contributed by atoms with E-state index >= 15 is 0 Å². The lowest BCUT2D eigenvalue weighted by Gasteiger charge is -2.13. The molecule has 0 aromatic carbocycles. The first-order valence-corrected chi connectivity index (χ1v) is 7.00. The van der Waals surface area contributed by atoms with E-state index in [0.717, 1.165) is 22.5 Å². The number of nitrogens with one attached hydrogen (secondary N) is 2. The number of pyridine rings is 1. The van der Waals surface area contributed by atoms with Gasteiger partial charge in [-0.05, 0) is 45.4 Å². The van der Waals surface area contributed by atoms with Gasteiger partial charge >= 0.3 is 0 Å². The molecule has 2 rings (SSSR count). The van der Waals surface area contributed by atoms with Gasteiger partial charge in [0.05, 0.1) is 17.8 Å². The molecule has 0 saturated carbocycles. The van der Waals surface area contributed by atoms with Crippen molar-refractivity contribution in [2.75, 3.05) is 0 Å². The molecule has 2 atom stereocenters. The number of H-pyrrole nitrogens is 1. The summed E-state index contributed by atoms with van der Waals surface area (Å²) in [6, 6.07) is 5.42. The molecule has 0 bridgehead atoms. The van der Waals surface area contributed by atoms with Crippen LogP contribution < -0.4 is 5.32 Å². The third-order valence-electron chi connectivity index (χ3n) is 3.62. The van der Waals surface area contributed by atoms with E-state index in [1.807, 2.05) is 39.0 Å². The number of aryl methyl sites for hydroxylation is 1. The molecule has 0 radical (unpaired) electrons. The van der Waals surface area contributed by atoms with Gasteiger partial charge in [-0.1, -0.05) is 6.07 Å². The summed E-state index contributed by atoms with van der Waals surface area (Å²) in [7, 11) is 0. The standard InChI is InChI=1S/C16H21N3O2/c1-9-14(12(4)20)11(3)18-15(9)16(21)19-10(2)13-7-5-6-8-17-13/h5-8,10,12,18,20H,1-4H3,(H,19,21)/t10-,12-/m1/s1. The van der Waals surface area contributed by atoms with E-state index in [1.54, 1.807) is 13.1 Å². The van der Waals surface area contributed by atoms with Crippen LogP contribution >= 0.6 is 0 Å². The van der Waals surface area contributed by atoms with E-state index in [2.05, 4.69) is 15.3 Å². The Morgan fingerprint density at radius 2 is 2.05 bits per heavy atom. The van der Waals surface area contributed by atoms with Crippen molar-refractivity contribution in [3.63, 3.8) is 0 Å². The van der Waals surface area contributed by atoms with E-state index in [-0.39, 0.29) is 11.9 Å². The fourth-order valence-corrected chi connectivity index (χ4v) is 2.59. The molecule has 5 heteroatoms. The Labute approximate surface area is 124 Å². The summed E-state index contributed by atoms with van der Waals surface area (Å²) in [5.41, 5.74) is 3.69. The van der Waals surface area contributed by atoms with Crippen molar-refractivity contribution in [3.8, 4) is 0 Å². The molecular weight excluding hydrogens is 266 g/mol. The molecular formula is C16H21N3O2. The highest BCUT2D eigenvalue weighted by atomic mass is 16.3. The topological polar surface area (TPSA) is 78.0 Å². The van der Waals surface area contributed by atoms with Crippen molar-refractivity contribution in [2.24, 2.45) is 0 Å². The summed E-state index contributed by atoms with van der Waals surface area (Å²) in [4.78, 5) is 19.7. The Hall–Kier alpha value is -2.14. The predicted molar refractivity (Wildman–Crippen MR) is 81.0 cm³/mol. The normalized spacial score (nSPS) is 13.8. The van der Waals surface area contributed by atoms with Crippen LogP contribution in [0.3, 0.4) is 0 Å². The Balaban J connectivity index is 2.20. The van der Waals surface area contributed by atoms with E-state index in [9.17, 15) is 9.90 Å². The van der Waals surface area contributed by atoms with Crippen LogP contribution in [-0.4, -0.2) is 21.0 Å². The van der Waals surface area contributed by atoms with Gasteiger partial charge in [-0.2, -0.15) is 0 Å². The van der Waals surface area contributed by atoms with Crippen LogP contribution in [0.2, 0.25) is 0 Å². The van der Waals surface area contributed by atoms with Gasteiger partial charge in [0, 0.05) is 17.5 Å². The Bertz CT molecular complexity index is 632. The van der Waals surface area contributed by atoms with Crippen LogP contribution in [0, 0.1) is 13.8 Å². The Kier molecular flexibility index (Phi) is 4.43. The molecule has 21 heavy (non-hydrogen) atoms. The van der Waals surface area contributed by atoms with Gasteiger partial charge in [0.1, 0.15) is 5.69 Å². The molecule has 0 aliphatic carbocycles. The van der Waals surface area contributed by atoms with Gasteiger partial charge in [-0.15, -0.1) is 0 Å². The van der Waals surface area contributed by atoms with E-state index in [0.29, 0.717) is 5.69 Å². The van der Waals surface area contributed by atoms with Gasteiger partial charge in [0.25, 0.3) is 5.91 Å². The molecule has 0 saturated heterocycles. The van der Waals surface area contributed by atoms with E-state index in [4.69, 9.17) is 0 Å². The first-order valence-electron chi connectivity index (χ1n) is 7.00. The minimum Gasteiger partial charge on any atom is -0.389 e. The van der Waals surface area contributed by atoms with Crippen molar-refractivity contribution in [1.82, 2.24) is 15.3 Å². The molecule has 2 heterocycles. The summed E-state index contributed by atoms with van der Waals surface area (Å²) < 4.78 is 0. The van der Waals surface area contributed by atoms with Crippen LogP contribution in [0.1, 0.15) is 59.0 Å². The van der Waals surface area contributed by atoms with Crippen LogP contribution in [0.25, 0.3) is 0 Å². The zero-order valence-corrected chi connectivity index (χ0v) is 12.8. The maximum atomic E-state index is 12.4. The summed E-state index contributed by atoms with van der Waals surface area (Å²) in [6.45, 7) is 7.28. The zero-order chi connectivity index (χ0) is 15.6. The minimum atomic E-state index is -0.601. The molecule has 3 N–H and O–H groups in total. The SMILES string of the molecule is Cc1[nH]c(C(=O)N[C@H](C)c2ccccn2)c(C)c1[C@@H](C)O. The summed E-state index contributed by atoms with van der Waals surface area (Å²) in [5, 5.41) is 12.7. The molecule has 2 aromatic heterocycles. The van der Waals surface area contributed by atoms with Crippen molar-refractivity contribution < 1.29 is 9.90 Å². The van der Waals surface area contributed by atoms with Crippen molar-refractivity contribution >= 4 is 5.91 Å². The van der Waals surface area contributed by atoms with E-state index < -0.39 is 6.10 Å². The zero-order valence-electron chi connectivity index (χ0n) is 12.8. The lowest BCUT2D eigenvalue weighted by Crippen LogP contribution is -2.28. The monoisotopic (exact) mass is 287 g/mol. The van der Waals surface area contributed by atoms with Gasteiger partial charge < -0.3 is 15.4 Å². The highest BCUT2D eigenvalue weighted by Crippen LogP contribution is 2.24. The smallest absolute Gasteiger partial charge is 0.268 e. The predicted octanol–water partition coefficient (Wildman–Crippen LogP) is 2.57. The lowest BCUT2D eigenvalue weighted by atomic mass is 10.1. The highest BCUT2D eigenvalue weighted by molar-refractivity contribution is 5.94. The maximum absolute atomic E-state index is 12.4. The molecule has 2 aromatic rings. The molecule has 0 fully saturated rings. The Morgan fingerprint density at radius 3 is 2.57 bits per heavy atom. The second-order valence-electron chi connectivity index (χ2n) is 5.29. The number of aliphatic hydroxyl groups excluding tert-OH is 1. The number of hydrogen-bond donors (Lipinski definition) is 3. The molecule has 0 unspecified atom stereocenters. The summed E-state index contributed by atoms with van der Waals surface area (Å²) >= 11 is 0. The number of aliphatic hydroxyl groups is 1. The molecule has 0 spiro atoms. The average molecular weight is 287 g/mol. The van der Waals surface area contributed by atoms with Gasteiger partial charge in [0.15, 0.2) is 0 Å². The number of carbonyl (C=O) groups is 1. The van der Waals surface area contributed by atoms with Crippen LogP contribution in [0.15, 0.2) is 24.4 Å². The van der Waals surface area contributed by atoms with Gasteiger partial charge in [-0.3, -0.25) is 9.78 Å². The second kappa shape index (κ2) is 6.10. The summed E-state index contributed by atoms with van der Waals surface area (Å²) in [6.07, 6.45) is 1.10. The van der Waals surface area contributed by atoms with Crippen molar-refractivity contribution in [2.45, 2.75) is 39.8 Å². The number of carbonyl (C=O) groups excluding carboxylic acids is 1. The Morgan fingerprint density at radius 1 is 1.33 bits per heavy atom. The third-order valence-corrected chi connectivity index (χ3v) is 3.62. The van der Waals surface area contributed by atoms with Crippen LogP contribution in [0.5, 0.6) is 0 Å². The fraction of sp³-hybridized carbons (Fsp3) is 0.375. The van der Waals surface area contributed by atoms with Crippen LogP contribution in [0.4, 0.5) is 0 Å². The number of aromatic nitrogens is 2. The number of rotatable bonds is 4. The summed E-state index contributed by atoms with van der Waals surface area (Å²) in [5.74, 6) is -0.194. The minimum absolute atomic E-state index is 0.184. The molecule has 5 nitrogen and oxygen atoms in total. The van der Waals surface area contributed by atoms with Crippen LogP contribution in [-0.2, 0) is 0 Å². The highest BCUT2D eigenvalue weighted by Gasteiger charge is 2.21. The van der Waals surface area contributed by atoms with Crippen molar-refractivity contribution in [1.29, 1.82) is 0 Å². The largest absolute Gasteiger partial charge is 0.389 e. The molecule has 0 aliphatic rings. The lowest BCUT2D eigenvalue weighted by molar-refractivity contribution is 0.0934. The fourth-order valence-electron chi connectivity index (χ4n) is 2.59. The third kappa shape index (κ3) is 3.13. The second-order valence-corrected chi connectivity index (χ2v) is 5.29. The number of aromatic amines is 1.